The quantitative estimate of drug-likeness (QED) is 0.446. The number of hydrogen-bond donors (Lipinski definition) is 3. The maximum atomic E-state index is 12.6. The van der Waals surface area contributed by atoms with Gasteiger partial charge in [-0.05, 0) is 48.6 Å². The smallest absolute Gasteiger partial charge is 0.261 e. The number of benzene rings is 1. The molecule has 3 aromatic heterocycles. The maximum absolute atomic E-state index is 12.6. The van der Waals surface area contributed by atoms with Crippen molar-refractivity contribution in [2.45, 2.75) is 32.5 Å². The fraction of sp³-hybridized carbons (Fsp3) is 0.250. The summed E-state index contributed by atoms with van der Waals surface area (Å²) in [4.78, 5) is 34.9. The van der Waals surface area contributed by atoms with Crippen LogP contribution in [0.4, 0.5) is 0 Å². The summed E-state index contributed by atoms with van der Waals surface area (Å²) in [6.45, 7) is 4.29. The van der Waals surface area contributed by atoms with Gasteiger partial charge in [-0.15, -0.1) is 11.3 Å². The third-order valence-electron chi connectivity index (χ3n) is 5.89. The Labute approximate surface area is 183 Å². The minimum Gasteiger partial charge on any atom is -0.357 e. The first kappa shape index (κ1) is 19.8. The molecule has 0 bridgehead atoms. The van der Waals surface area contributed by atoms with Gasteiger partial charge in [0.2, 0.25) is 0 Å². The Bertz CT molecular complexity index is 1290. The number of H-pyrrole nitrogens is 2. The number of para-hydroxylation sites is 1. The average Bonchev–Trinajstić information content (AvgIpc) is 3.41. The normalized spacial score (nSPS) is 15.0. The third kappa shape index (κ3) is 3.94. The molecule has 4 heterocycles. The Balaban J connectivity index is 1.27. The van der Waals surface area contributed by atoms with Crippen LogP contribution in [0.5, 0.6) is 0 Å². The Morgan fingerprint density at radius 1 is 1.16 bits per heavy atom. The van der Waals surface area contributed by atoms with Crippen LogP contribution in [0.15, 0.2) is 58.7 Å². The van der Waals surface area contributed by atoms with Gasteiger partial charge >= 0.3 is 0 Å². The number of hydrogen-bond acceptors (Lipinski definition) is 4. The lowest BCUT2D eigenvalue weighted by Crippen LogP contribution is -2.33. The molecule has 31 heavy (non-hydrogen) atoms. The Hall–Kier alpha value is -3.16. The van der Waals surface area contributed by atoms with E-state index in [1.54, 1.807) is 17.4 Å². The molecule has 1 aliphatic rings. The van der Waals surface area contributed by atoms with E-state index in [2.05, 4.69) is 38.4 Å². The van der Waals surface area contributed by atoms with Crippen LogP contribution in [0.25, 0.3) is 10.9 Å². The predicted octanol–water partition coefficient (Wildman–Crippen LogP) is 3.97. The summed E-state index contributed by atoms with van der Waals surface area (Å²) >= 11 is 1.58. The van der Waals surface area contributed by atoms with Crippen LogP contribution < -0.4 is 10.9 Å². The largest absolute Gasteiger partial charge is 0.357 e. The van der Waals surface area contributed by atoms with Crippen molar-refractivity contribution >= 4 is 28.1 Å². The molecular weight excluding hydrogens is 408 g/mol. The number of rotatable bonds is 5. The summed E-state index contributed by atoms with van der Waals surface area (Å²) < 4.78 is 0. The van der Waals surface area contributed by atoms with Gasteiger partial charge in [0.1, 0.15) is 5.56 Å². The van der Waals surface area contributed by atoms with E-state index >= 15 is 0 Å². The van der Waals surface area contributed by atoms with E-state index in [9.17, 15) is 9.59 Å². The standard InChI is InChI=1S/C24H24N4O2S/c1-15(22-7-4-12-31-22)25-23(29)19-9-8-16(26-24(19)30)13-28-11-10-18-17-5-2-3-6-20(17)27-21(18)14-28/h2-9,12,15,27H,10-11,13-14H2,1H3,(H,25,29)(H,26,30). The Kier molecular flexibility index (Phi) is 5.21. The highest BCUT2D eigenvalue weighted by Gasteiger charge is 2.21. The average molecular weight is 433 g/mol. The van der Waals surface area contributed by atoms with Gasteiger partial charge in [-0.25, -0.2) is 0 Å². The first-order chi connectivity index (χ1) is 15.1. The van der Waals surface area contributed by atoms with E-state index in [1.165, 1.54) is 22.2 Å². The van der Waals surface area contributed by atoms with Crippen molar-refractivity contribution < 1.29 is 4.79 Å². The number of nitrogens with zero attached hydrogens (tertiary/aromatic N) is 1. The topological polar surface area (TPSA) is 81.0 Å². The fourth-order valence-electron chi connectivity index (χ4n) is 4.29. The summed E-state index contributed by atoms with van der Waals surface area (Å²) in [7, 11) is 0. The van der Waals surface area contributed by atoms with Gasteiger partial charge in [0.15, 0.2) is 0 Å². The number of aromatic amines is 2. The van der Waals surface area contributed by atoms with E-state index in [0.29, 0.717) is 6.54 Å². The zero-order valence-electron chi connectivity index (χ0n) is 17.3. The molecule has 0 radical (unpaired) electrons. The molecule has 1 atom stereocenters. The summed E-state index contributed by atoms with van der Waals surface area (Å²) in [6.07, 6.45) is 0.977. The highest BCUT2D eigenvalue weighted by Crippen LogP contribution is 2.27. The highest BCUT2D eigenvalue weighted by atomic mass is 32.1. The van der Waals surface area contributed by atoms with Gasteiger partial charge < -0.3 is 15.3 Å². The first-order valence-electron chi connectivity index (χ1n) is 10.5. The van der Waals surface area contributed by atoms with Crippen molar-refractivity contribution in [3.63, 3.8) is 0 Å². The van der Waals surface area contributed by atoms with Gasteiger partial charge in [0.05, 0.1) is 6.04 Å². The van der Waals surface area contributed by atoms with Crippen molar-refractivity contribution in [1.29, 1.82) is 0 Å². The van der Waals surface area contributed by atoms with Crippen molar-refractivity contribution in [2.24, 2.45) is 0 Å². The predicted molar refractivity (Wildman–Crippen MR) is 123 cm³/mol. The lowest BCUT2D eigenvalue weighted by molar-refractivity contribution is 0.0939. The van der Waals surface area contributed by atoms with E-state index in [4.69, 9.17) is 0 Å². The molecule has 3 N–H and O–H groups in total. The van der Waals surface area contributed by atoms with Crippen LogP contribution in [-0.2, 0) is 19.5 Å². The number of aromatic nitrogens is 2. The second-order valence-electron chi connectivity index (χ2n) is 8.03. The SMILES string of the molecule is CC(NC(=O)c1ccc(CN2CCc3c([nH]c4ccccc34)C2)[nH]c1=O)c1cccs1. The number of pyridine rings is 1. The molecule has 1 aromatic carbocycles. The number of nitrogens with one attached hydrogen (secondary N) is 3. The van der Waals surface area contributed by atoms with Gasteiger partial charge in [-0.1, -0.05) is 24.3 Å². The van der Waals surface area contributed by atoms with Gasteiger partial charge in [-0.3, -0.25) is 14.5 Å². The molecule has 0 saturated carbocycles. The Morgan fingerprint density at radius 3 is 2.84 bits per heavy atom. The summed E-state index contributed by atoms with van der Waals surface area (Å²) in [5.74, 6) is -0.352. The van der Waals surface area contributed by atoms with Crippen molar-refractivity contribution in [1.82, 2.24) is 20.2 Å². The van der Waals surface area contributed by atoms with E-state index < -0.39 is 0 Å². The summed E-state index contributed by atoms with van der Waals surface area (Å²) in [6, 6.07) is 15.7. The second kappa shape index (κ2) is 8.17. The zero-order chi connectivity index (χ0) is 21.4. The van der Waals surface area contributed by atoms with Crippen LogP contribution in [0.2, 0.25) is 0 Å². The zero-order valence-corrected chi connectivity index (χ0v) is 18.1. The first-order valence-corrected chi connectivity index (χ1v) is 11.3. The number of amides is 1. The lowest BCUT2D eigenvalue weighted by Gasteiger charge is -2.26. The van der Waals surface area contributed by atoms with E-state index in [-0.39, 0.29) is 23.1 Å². The molecule has 0 fully saturated rings. The minimum atomic E-state index is -0.352. The molecule has 0 saturated heterocycles. The monoisotopic (exact) mass is 432 g/mol. The molecule has 1 aliphatic heterocycles. The fourth-order valence-corrected chi connectivity index (χ4v) is 5.03. The second-order valence-corrected chi connectivity index (χ2v) is 9.00. The van der Waals surface area contributed by atoms with Crippen LogP contribution in [0.1, 0.15) is 45.2 Å². The van der Waals surface area contributed by atoms with Gasteiger partial charge in [0, 0.05) is 46.8 Å². The Morgan fingerprint density at radius 2 is 2.03 bits per heavy atom. The lowest BCUT2D eigenvalue weighted by atomic mass is 10.0. The molecule has 5 rings (SSSR count). The summed E-state index contributed by atoms with van der Waals surface area (Å²) in [5, 5.41) is 6.18. The van der Waals surface area contributed by atoms with Crippen LogP contribution in [-0.4, -0.2) is 27.3 Å². The molecule has 6 nitrogen and oxygen atoms in total. The number of fused-ring (bicyclic) bond motifs is 3. The third-order valence-corrected chi connectivity index (χ3v) is 6.94. The van der Waals surface area contributed by atoms with Crippen LogP contribution in [0.3, 0.4) is 0 Å². The van der Waals surface area contributed by atoms with Crippen molar-refractivity contribution in [2.75, 3.05) is 6.54 Å². The van der Waals surface area contributed by atoms with E-state index in [0.717, 1.165) is 30.1 Å². The number of thiophene rings is 1. The molecule has 1 unspecified atom stereocenters. The molecule has 1 amide bonds. The highest BCUT2D eigenvalue weighted by molar-refractivity contribution is 7.10. The molecule has 4 aromatic rings. The minimum absolute atomic E-state index is 0.134. The molecular formula is C24H24N4O2S. The van der Waals surface area contributed by atoms with Crippen LogP contribution in [0, 0.1) is 0 Å². The van der Waals surface area contributed by atoms with Crippen molar-refractivity contribution in [3.05, 3.63) is 91.7 Å². The number of carbonyl (C=O) groups is 1. The molecule has 158 valence electrons. The van der Waals surface area contributed by atoms with Crippen molar-refractivity contribution in [3.8, 4) is 0 Å². The molecule has 0 aliphatic carbocycles. The van der Waals surface area contributed by atoms with Crippen LogP contribution >= 0.6 is 11.3 Å². The van der Waals surface area contributed by atoms with Gasteiger partial charge in [0.25, 0.3) is 11.5 Å². The number of carbonyl (C=O) groups excluding carboxylic acids is 1. The molecule has 7 heteroatoms. The maximum Gasteiger partial charge on any atom is 0.261 e. The van der Waals surface area contributed by atoms with Gasteiger partial charge in [-0.2, -0.15) is 0 Å². The summed E-state index contributed by atoms with van der Waals surface area (Å²) in [5.41, 5.74) is 4.42. The molecule has 0 spiro atoms. The van der Waals surface area contributed by atoms with E-state index in [1.807, 2.05) is 36.6 Å².